The van der Waals surface area contributed by atoms with E-state index in [4.69, 9.17) is 9.88 Å². The molecule has 4 N–H and O–H groups in total. The normalized spacial score (nSPS) is 11.5. The first-order chi connectivity index (χ1) is 12.9. The minimum atomic E-state index is -3.68. The number of benzene rings is 2. The Morgan fingerprint density at radius 1 is 1.07 bits per heavy atom. The lowest BCUT2D eigenvalue weighted by molar-refractivity contribution is 0.336. The van der Waals surface area contributed by atoms with Crippen molar-refractivity contribution in [1.82, 2.24) is 10.6 Å². The molecule has 0 saturated carbocycles. The van der Waals surface area contributed by atoms with Crippen LogP contribution < -0.4 is 20.5 Å². The van der Waals surface area contributed by atoms with Crippen molar-refractivity contribution in [3.05, 3.63) is 59.7 Å². The number of primary sulfonamides is 1. The number of hydrogen-bond donors (Lipinski definition) is 3. The third-order valence-corrected chi connectivity index (χ3v) is 4.66. The molecule has 0 atom stereocenters. The van der Waals surface area contributed by atoms with Crippen molar-refractivity contribution < 1.29 is 13.2 Å². The van der Waals surface area contributed by atoms with Gasteiger partial charge in [0.2, 0.25) is 10.0 Å². The minimum absolute atomic E-state index is 0. The first kappa shape index (κ1) is 24.2. The summed E-state index contributed by atoms with van der Waals surface area (Å²) in [6.45, 7) is 6.27. The van der Waals surface area contributed by atoms with Gasteiger partial charge in [-0.15, -0.1) is 24.0 Å². The Morgan fingerprint density at radius 2 is 1.75 bits per heavy atom. The Bertz CT molecular complexity index is 871. The summed E-state index contributed by atoms with van der Waals surface area (Å²) in [5.41, 5.74) is 1.93. The SMILES string of the molecule is CCNC(=NCc1ccc(S(N)(=O)=O)cc1)NCc1ccccc1OCC.I. The van der Waals surface area contributed by atoms with Crippen LogP contribution in [0.2, 0.25) is 0 Å². The lowest BCUT2D eigenvalue weighted by atomic mass is 10.2. The topological polar surface area (TPSA) is 106 Å². The van der Waals surface area contributed by atoms with E-state index < -0.39 is 10.0 Å². The highest BCUT2D eigenvalue weighted by atomic mass is 127. The Labute approximate surface area is 183 Å². The molecule has 0 radical (unpaired) electrons. The van der Waals surface area contributed by atoms with E-state index in [0.29, 0.717) is 25.7 Å². The van der Waals surface area contributed by atoms with Crippen molar-refractivity contribution in [3.63, 3.8) is 0 Å². The summed E-state index contributed by atoms with van der Waals surface area (Å²) in [4.78, 5) is 4.63. The molecule has 0 fully saturated rings. The standard InChI is InChI=1S/C19H26N4O3S.HI/c1-3-21-19(23-14-16-7-5-6-8-18(16)26-4-2)22-13-15-9-11-17(12-10-15)27(20,24)25;/h5-12H,3-4,13-14H2,1-2H3,(H2,20,24,25)(H2,21,22,23);1H. The number of para-hydroxylation sites is 1. The second-order valence-electron chi connectivity index (χ2n) is 5.78. The zero-order valence-corrected chi connectivity index (χ0v) is 19.2. The van der Waals surface area contributed by atoms with Crippen molar-refractivity contribution in [2.75, 3.05) is 13.2 Å². The van der Waals surface area contributed by atoms with Crippen LogP contribution in [0.1, 0.15) is 25.0 Å². The molecule has 2 aromatic carbocycles. The zero-order chi connectivity index (χ0) is 19.7. The van der Waals surface area contributed by atoms with Crippen LogP contribution in [0.4, 0.5) is 0 Å². The fourth-order valence-corrected chi connectivity index (χ4v) is 2.94. The number of hydrogen-bond acceptors (Lipinski definition) is 4. The van der Waals surface area contributed by atoms with Crippen LogP contribution in [0.5, 0.6) is 5.75 Å². The van der Waals surface area contributed by atoms with Gasteiger partial charge >= 0.3 is 0 Å². The molecule has 0 bridgehead atoms. The highest BCUT2D eigenvalue weighted by molar-refractivity contribution is 14.0. The molecule has 0 unspecified atom stereocenters. The fourth-order valence-electron chi connectivity index (χ4n) is 2.42. The molecule has 7 nitrogen and oxygen atoms in total. The van der Waals surface area contributed by atoms with Gasteiger partial charge in [0.1, 0.15) is 5.75 Å². The maximum atomic E-state index is 11.3. The predicted octanol–water partition coefficient (Wildman–Crippen LogP) is 2.61. The molecule has 28 heavy (non-hydrogen) atoms. The monoisotopic (exact) mass is 518 g/mol. The first-order valence-corrected chi connectivity index (χ1v) is 10.3. The van der Waals surface area contributed by atoms with Gasteiger partial charge in [-0.3, -0.25) is 0 Å². The summed E-state index contributed by atoms with van der Waals surface area (Å²) >= 11 is 0. The Balaban J connectivity index is 0.00000392. The lowest BCUT2D eigenvalue weighted by Gasteiger charge is -2.14. The molecule has 0 spiro atoms. The van der Waals surface area contributed by atoms with Gasteiger partial charge in [0, 0.05) is 18.7 Å². The van der Waals surface area contributed by atoms with Gasteiger partial charge in [-0.2, -0.15) is 0 Å². The van der Waals surface area contributed by atoms with E-state index in [2.05, 4.69) is 15.6 Å². The third-order valence-electron chi connectivity index (χ3n) is 3.73. The van der Waals surface area contributed by atoms with E-state index in [0.717, 1.165) is 23.4 Å². The molecular formula is C19H27IN4O3S. The van der Waals surface area contributed by atoms with Gasteiger partial charge in [-0.1, -0.05) is 30.3 Å². The van der Waals surface area contributed by atoms with E-state index in [1.807, 2.05) is 38.1 Å². The molecular weight excluding hydrogens is 491 g/mol. The molecule has 154 valence electrons. The van der Waals surface area contributed by atoms with Crippen LogP contribution in [0, 0.1) is 0 Å². The second-order valence-corrected chi connectivity index (χ2v) is 7.34. The number of aliphatic imine (C=N–C) groups is 1. The lowest BCUT2D eigenvalue weighted by Crippen LogP contribution is -2.36. The average Bonchev–Trinajstić information content (AvgIpc) is 2.65. The number of nitrogens with zero attached hydrogens (tertiary/aromatic N) is 1. The van der Waals surface area contributed by atoms with E-state index in [9.17, 15) is 8.42 Å². The summed E-state index contributed by atoms with van der Waals surface area (Å²) in [5.74, 6) is 1.52. The molecule has 2 rings (SSSR count). The second kappa shape index (κ2) is 11.9. The van der Waals surface area contributed by atoms with Gasteiger partial charge in [0.05, 0.1) is 18.0 Å². The quantitative estimate of drug-likeness (QED) is 0.283. The molecule has 0 amide bonds. The van der Waals surface area contributed by atoms with Crippen molar-refractivity contribution in [3.8, 4) is 5.75 Å². The van der Waals surface area contributed by atoms with Crippen molar-refractivity contribution >= 4 is 40.0 Å². The molecule has 9 heteroatoms. The third kappa shape index (κ3) is 7.64. The van der Waals surface area contributed by atoms with Gasteiger partial charge in [-0.05, 0) is 37.6 Å². The summed E-state index contributed by atoms with van der Waals surface area (Å²) < 4.78 is 28.3. The number of rotatable bonds is 8. The van der Waals surface area contributed by atoms with Crippen LogP contribution in [0.3, 0.4) is 0 Å². The predicted molar refractivity (Wildman–Crippen MR) is 122 cm³/mol. The zero-order valence-electron chi connectivity index (χ0n) is 16.0. The van der Waals surface area contributed by atoms with E-state index in [-0.39, 0.29) is 28.9 Å². The molecule has 0 aliphatic carbocycles. The van der Waals surface area contributed by atoms with Gasteiger partial charge < -0.3 is 15.4 Å². The van der Waals surface area contributed by atoms with Crippen LogP contribution in [-0.2, 0) is 23.1 Å². The van der Waals surface area contributed by atoms with E-state index >= 15 is 0 Å². The molecule has 0 aromatic heterocycles. The Kier molecular flexibility index (Phi) is 10.3. The number of ether oxygens (including phenoxy) is 1. The van der Waals surface area contributed by atoms with Crippen molar-refractivity contribution in [2.24, 2.45) is 10.1 Å². The summed E-state index contributed by atoms with van der Waals surface area (Å²) in [6, 6.07) is 14.2. The molecule has 0 aliphatic rings. The molecule has 2 aromatic rings. The van der Waals surface area contributed by atoms with Crippen molar-refractivity contribution in [1.29, 1.82) is 0 Å². The van der Waals surface area contributed by atoms with E-state index in [1.165, 1.54) is 12.1 Å². The summed E-state index contributed by atoms with van der Waals surface area (Å²) in [7, 11) is -3.68. The average molecular weight is 518 g/mol. The first-order valence-electron chi connectivity index (χ1n) is 8.78. The fraction of sp³-hybridized carbons (Fsp3) is 0.316. The highest BCUT2D eigenvalue weighted by Crippen LogP contribution is 2.17. The smallest absolute Gasteiger partial charge is 0.238 e. The maximum Gasteiger partial charge on any atom is 0.238 e. The molecule has 0 aliphatic heterocycles. The summed E-state index contributed by atoms with van der Waals surface area (Å²) in [5, 5.41) is 11.6. The highest BCUT2D eigenvalue weighted by Gasteiger charge is 2.07. The minimum Gasteiger partial charge on any atom is -0.494 e. The van der Waals surface area contributed by atoms with Crippen LogP contribution in [0.15, 0.2) is 58.4 Å². The number of halogens is 1. The number of nitrogens with one attached hydrogen (secondary N) is 2. The van der Waals surface area contributed by atoms with Crippen LogP contribution in [-0.4, -0.2) is 27.5 Å². The number of nitrogens with two attached hydrogens (primary N) is 1. The molecule has 0 heterocycles. The van der Waals surface area contributed by atoms with Crippen molar-refractivity contribution in [2.45, 2.75) is 31.8 Å². The largest absolute Gasteiger partial charge is 0.494 e. The number of sulfonamides is 1. The number of guanidine groups is 1. The Hall–Kier alpha value is -1.85. The Morgan fingerprint density at radius 3 is 2.36 bits per heavy atom. The van der Waals surface area contributed by atoms with Gasteiger partial charge in [0.15, 0.2) is 5.96 Å². The summed E-state index contributed by atoms with van der Waals surface area (Å²) in [6.07, 6.45) is 0. The van der Waals surface area contributed by atoms with Crippen LogP contribution >= 0.6 is 24.0 Å². The van der Waals surface area contributed by atoms with Gasteiger partial charge in [0.25, 0.3) is 0 Å². The van der Waals surface area contributed by atoms with Gasteiger partial charge in [-0.25, -0.2) is 18.5 Å². The van der Waals surface area contributed by atoms with Crippen LogP contribution in [0.25, 0.3) is 0 Å². The van der Waals surface area contributed by atoms with E-state index in [1.54, 1.807) is 12.1 Å². The maximum absolute atomic E-state index is 11.3. The molecule has 0 saturated heterocycles.